The van der Waals surface area contributed by atoms with E-state index in [0.29, 0.717) is 11.6 Å². The zero-order chi connectivity index (χ0) is 27.2. The third kappa shape index (κ3) is 5.75. The predicted octanol–water partition coefficient (Wildman–Crippen LogP) is 4.93. The zero-order valence-corrected chi connectivity index (χ0v) is 21.7. The maximum Gasteiger partial charge on any atom is 0.331 e. The number of benzene rings is 3. The van der Waals surface area contributed by atoms with Gasteiger partial charge in [0.1, 0.15) is 23.0 Å². The molecule has 0 amide bonds. The average Bonchev–Trinajstić information content (AvgIpc) is 2.99. The molecule has 1 N–H and O–H groups in total. The van der Waals surface area contributed by atoms with Crippen LogP contribution in [0.4, 0.5) is 11.5 Å². The van der Waals surface area contributed by atoms with E-state index in [9.17, 15) is 9.59 Å². The van der Waals surface area contributed by atoms with Gasteiger partial charge >= 0.3 is 5.69 Å². The Labute approximate surface area is 225 Å². The van der Waals surface area contributed by atoms with Gasteiger partial charge in [-0.3, -0.25) is 13.9 Å². The van der Waals surface area contributed by atoms with Crippen molar-refractivity contribution in [2.24, 2.45) is 0 Å². The van der Waals surface area contributed by atoms with Crippen LogP contribution in [0.2, 0.25) is 0 Å². The van der Waals surface area contributed by atoms with E-state index < -0.39 is 11.2 Å². The molecule has 8 nitrogen and oxygen atoms in total. The Morgan fingerprint density at radius 3 is 1.97 bits per heavy atom. The van der Waals surface area contributed by atoms with E-state index in [-0.39, 0.29) is 18.8 Å². The Bertz CT molecular complexity index is 1680. The highest BCUT2D eigenvalue weighted by atomic mass is 16.5. The van der Waals surface area contributed by atoms with Crippen molar-refractivity contribution in [3.8, 4) is 22.6 Å². The highest BCUT2D eigenvalue weighted by Crippen LogP contribution is 2.27. The second-order valence-corrected chi connectivity index (χ2v) is 8.93. The number of aromatic nitrogens is 3. The van der Waals surface area contributed by atoms with Gasteiger partial charge in [0, 0.05) is 18.0 Å². The standard InChI is InChI=1S/C31H28N4O4/c1-38-25-14-10-22(11-15-25)19-34-21-28(33-29-27(9-6-18-32-29)24-7-4-3-5-8-24)30(36)35(31(34)37)20-23-12-16-26(39-2)17-13-23/h3-18,21H,19-20H2,1-2H3,(H,32,33). The van der Waals surface area contributed by atoms with Crippen LogP contribution in [0.1, 0.15) is 11.1 Å². The molecule has 0 aliphatic rings. The van der Waals surface area contributed by atoms with Crippen molar-refractivity contribution in [3.63, 3.8) is 0 Å². The minimum atomic E-state index is -0.438. The summed E-state index contributed by atoms with van der Waals surface area (Å²) < 4.78 is 13.3. The van der Waals surface area contributed by atoms with Crippen molar-refractivity contribution in [1.29, 1.82) is 0 Å². The van der Waals surface area contributed by atoms with Gasteiger partial charge in [-0.05, 0) is 53.1 Å². The van der Waals surface area contributed by atoms with Gasteiger partial charge in [-0.15, -0.1) is 0 Å². The molecule has 0 saturated carbocycles. The monoisotopic (exact) mass is 520 g/mol. The molecule has 39 heavy (non-hydrogen) atoms. The highest BCUT2D eigenvalue weighted by molar-refractivity contribution is 5.77. The van der Waals surface area contributed by atoms with Crippen LogP contribution in [0.25, 0.3) is 11.1 Å². The number of nitrogens with one attached hydrogen (secondary N) is 1. The molecule has 196 valence electrons. The fraction of sp³-hybridized carbons (Fsp3) is 0.129. The second kappa shape index (κ2) is 11.5. The summed E-state index contributed by atoms with van der Waals surface area (Å²) >= 11 is 0. The molecule has 0 aliphatic heterocycles. The van der Waals surface area contributed by atoms with E-state index in [1.165, 1.54) is 9.13 Å². The fourth-order valence-corrected chi connectivity index (χ4v) is 4.32. The SMILES string of the molecule is COc1ccc(Cn2cc(Nc3ncccc3-c3ccccc3)c(=O)n(Cc3ccc(OC)cc3)c2=O)cc1. The Balaban J connectivity index is 1.58. The van der Waals surface area contributed by atoms with Crippen molar-refractivity contribution in [3.05, 3.63) is 135 Å². The van der Waals surface area contributed by atoms with Gasteiger partial charge in [0.05, 0.1) is 27.3 Å². The summed E-state index contributed by atoms with van der Waals surface area (Å²) in [6.45, 7) is 0.377. The van der Waals surface area contributed by atoms with Crippen LogP contribution in [-0.4, -0.2) is 28.3 Å². The lowest BCUT2D eigenvalue weighted by Gasteiger charge is -2.16. The minimum Gasteiger partial charge on any atom is -0.497 e. The molecule has 8 heteroatoms. The molecule has 0 fully saturated rings. The van der Waals surface area contributed by atoms with Gasteiger partial charge in [-0.1, -0.05) is 54.6 Å². The van der Waals surface area contributed by atoms with E-state index in [4.69, 9.17) is 9.47 Å². The van der Waals surface area contributed by atoms with Crippen LogP contribution in [0.15, 0.2) is 113 Å². The maximum absolute atomic E-state index is 13.7. The first-order chi connectivity index (χ1) is 19.1. The van der Waals surface area contributed by atoms with E-state index in [1.807, 2.05) is 78.9 Å². The van der Waals surface area contributed by atoms with Crippen molar-refractivity contribution >= 4 is 11.5 Å². The summed E-state index contributed by atoms with van der Waals surface area (Å²) in [4.78, 5) is 31.8. The third-order valence-electron chi connectivity index (χ3n) is 6.39. The van der Waals surface area contributed by atoms with E-state index in [1.54, 1.807) is 38.7 Å². The van der Waals surface area contributed by atoms with Crippen molar-refractivity contribution in [2.75, 3.05) is 19.5 Å². The number of anilines is 2. The van der Waals surface area contributed by atoms with Gasteiger partial charge in [0.2, 0.25) is 0 Å². The number of rotatable bonds is 9. The fourth-order valence-electron chi connectivity index (χ4n) is 4.32. The Morgan fingerprint density at radius 1 is 0.744 bits per heavy atom. The topological polar surface area (TPSA) is 87.4 Å². The van der Waals surface area contributed by atoms with Crippen LogP contribution in [0.5, 0.6) is 11.5 Å². The number of ether oxygens (including phenoxy) is 2. The van der Waals surface area contributed by atoms with Crippen LogP contribution in [0, 0.1) is 0 Å². The highest BCUT2D eigenvalue weighted by Gasteiger charge is 2.15. The van der Waals surface area contributed by atoms with E-state index in [0.717, 1.165) is 28.0 Å². The van der Waals surface area contributed by atoms with Crippen LogP contribution in [-0.2, 0) is 13.1 Å². The average molecular weight is 521 g/mol. The molecule has 0 atom stereocenters. The number of hydrogen-bond acceptors (Lipinski definition) is 6. The number of hydrogen-bond donors (Lipinski definition) is 1. The summed E-state index contributed by atoms with van der Waals surface area (Å²) in [5.41, 5.74) is 2.87. The molecule has 0 spiro atoms. The van der Waals surface area contributed by atoms with Crippen LogP contribution >= 0.6 is 0 Å². The number of pyridine rings is 1. The number of nitrogens with zero attached hydrogens (tertiary/aromatic N) is 3. The van der Waals surface area contributed by atoms with E-state index in [2.05, 4.69) is 10.3 Å². The number of methoxy groups -OCH3 is 2. The molecule has 2 heterocycles. The molecule has 5 aromatic rings. The molecule has 5 rings (SSSR count). The first kappa shape index (κ1) is 25.5. The summed E-state index contributed by atoms with van der Waals surface area (Å²) in [6, 6.07) is 28.3. The molecule has 3 aromatic carbocycles. The lowest BCUT2D eigenvalue weighted by Crippen LogP contribution is -2.41. The van der Waals surface area contributed by atoms with Crippen molar-refractivity contribution in [1.82, 2.24) is 14.1 Å². The predicted molar refractivity (Wildman–Crippen MR) is 152 cm³/mol. The summed E-state index contributed by atoms with van der Waals surface area (Å²) in [5, 5.41) is 3.21. The maximum atomic E-state index is 13.7. The van der Waals surface area contributed by atoms with Crippen LogP contribution < -0.4 is 26.0 Å². The first-order valence-electron chi connectivity index (χ1n) is 12.4. The van der Waals surface area contributed by atoms with Gasteiger partial charge in [-0.2, -0.15) is 0 Å². The lowest BCUT2D eigenvalue weighted by molar-refractivity contribution is 0.414. The van der Waals surface area contributed by atoms with Gasteiger partial charge in [-0.25, -0.2) is 9.78 Å². The van der Waals surface area contributed by atoms with Gasteiger partial charge < -0.3 is 14.8 Å². The molecule has 0 saturated heterocycles. The summed E-state index contributed by atoms with van der Waals surface area (Å²) in [5.74, 6) is 1.94. The second-order valence-electron chi connectivity index (χ2n) is 8.93. The molecule has 2 aromatic heterocycles. The molecular weight excluding hydrogens is 492 g/mol. The van der Waals surface area contributed by atoms with Gasteiger partial charge in [0.25, 0.3) is 5.56 Å². The summed E-state index contributed by atoms with van der Waals surface area (Å²) in [6.07, 6.45) is 3.22. The minimum absolute atomic E-state index is 0.105. The Morgan fingerprint density at radius 2 is 1.36 bits per heavy atom. The van der Waals surface area contributed by atoms with Gasteiger partial charge in [0.15, 0.2) is 0 Å². The largest absolute Gasteiger partial charge is 0.497 e. The molecule has 0 aliphatic carbocycles. The molecule has 0 bridgehead atoms. The van der Waals surface area contributed by atoms with E-state index >= 15 is 0 Å². The molecule has 0 radical (unpaired) electrons. The zero-order valence-electron chi connectivity index (χ0n) is 21.7. The molecular formula is C31H28N4O4. The Kier molecular flexibility index (Phi) is 7.54. The van der Waals surface area contributed by atoms with Crippen molar-refractivity contribution in [2.45, 2.75) is 13.1 Å². The van der Waals surface area contributed by atoms with Crippen molar-refractivity contribution < 1.29 is 9.47 Å². The third-order valence-corrected chi connectivity index (χ3v) is 6.39. The Hall–Kier alpha value is -5.11. The first-order valence-corrected chi connectivity index (χ1v) is 12.4. The smallest absolute Gasteiger partial charge is 0.331 e. The lowest BCUT2D eigenvalue weighted by atomic mass is 10.1. The normalized spacial score (nSPS) is 10.7. The molecule has 0 unspecified atom stereocenters. The van der Waals surface area contributed by atoms with Crippen LogP contribution in [0.3, 0.4) is 0 Å². The summed E-state index contributed by atoms with van der Waals surface area (Å²) in [7, 11) is 3.20. The quantitative estimate of drug-likeness (QED) is 0.297.